The van der Waals surface area contributed by atoms with Gasteiger partial charge in [-0.05, 0) is 43.9 Å². The zero-order valence-corrected chi connectivity index (χ0v) is 11.5. The molecule has 1 atom stereocenters. The number of methoxy groups -OCH3 is 1. The van der Waals surface area contributed by atoms with E-state index in [2.05, 4.69) is 15.9 Å². The number of halogens is 2. The molecule has 2 nitrogen and oxygen atoms in total. The standard InChI is InChI=1S/C13H17BrFNO/c1-17-13(5-2-6-13)8-12(16)10-7-9(14)3-4-11(10)15/h3-4,7,12H,2,5-6,8,16H2,1H3. The molecule has 1 aliphatic carbocycles. The minimum absolute atomic E-state index is 0.131. The van der Waals surface area contributed by atoms with E-state index < -0.39 is 0 Å². The van der Waals surface area contributed by atoms with Crippen molar-refractivity contribution in [2.75, 3.05) is 7.11 Å². The summed E-state index contributed by atoms with van der Waals surface area (Å²) in [6, 6.07) is 4.57. The Morgan fingerprint density at radius 1 is 1.53 bits per heavy atom. The molecule has 2 rings (SSSR count). The first kappa shape index (κ1) is 13.0. The fraction of sp³-hybridized carbons (Fsp3) is 0.538. The molecule has 0 spiro atoms. The number of benzene rings is 1. The Morgan fingerprint density at radius 2 is 2.24 bits per heavy atom. The van der Waals surface area contributed by atoms with Gasteiger partial charge in [-0.15, -0.1) is 0 Å². The largest absolute Gasteiger partial charge is 0.378 e. The van der Waals surface area contributed by atoms with Gasteiger partial charge in [0.15, 0.2) is 0 Å². The van der Waals surface area contributed by atoms with Gasteiger partial charge in [-0.3, -0.25) is 0 Å². The second kappa shape index (κ2) is 5.04. The normalized spacial score (nSPS) is 19.8. The molecule has 0 saturated heterocycles. The zero-order chi connectivity index (χ0) is 12.5. The summed E-state index contributed by atoms with van der Waals surface area (Å²) in [6.45, 7) is 0. The molecule has 1 saturated carbocycles. The van der Waals surface area contributed by atoms with Gasteiger partial charge in [0.25, 0.3) is 0 Å². The maximum atomic E-state index is 13.7. The van der Waals surface area contributed by atoms with Crippen LogP contribution in [0.3, 0.4) is 0 Å². The van der Waals surface area contributed by atoms with Gasteiger partial charge in [0.05, 0.1) is 5.60 Å². The molecule has 0 heterocycles. The first-order valence-corrected chi connectivity index (χ1v) is 6.61. The lowest BCUT2D eigenvalue weighted by molar-refractivity contribution is -0.0818. The molecule has 17 heavy (non-hydrogen) atoms. The first-order chi connectivity index (χ1) is 8.06. The van der Waals surface area contributed by atoms with Crippen molar-refractivity contribution in [2.24, 2.45) is 5.73 Å². The van der Waals surface area contributed by atoms with E-state index >= 15 is 0 Å². The monoisotopic (exact) mass is 301 g/mol. The highest BCUT2D eigenvalue weighted by atomic mass is 79.9. The molecule has 1 fully saturated rings. The molecule has 0 bridgehead atoms. The highest BCUT2D eigenvalue weighted by molar-refractivity contribution is 9.10. The SMILES string of the molecule is COC1(CC(N)c2cc(Br)ccc2F)CCC1. The zero-order valence-electron chi connectivity index (χ0n) is 9.88. The van der Waals surface area contributed by atoms with E-state index in [1.807, 2.05) is 0 Å². The Bertz CT molecular complexity index is 401. The molecular formula is C13H17BrFNO. The van der Waals surface area contributed by atoms with Crippen LogP contribution in [-0.4, -0.2) is 12.7 Å². The third-order valence-electron chi connectivity index (χ3n) is 3.65. The summed E-state index contributed by atoms with van der Waals surface area (Å²) in [6.07, 6.45) is 3.89. The Hall–Kier alpha value is -0.450. The van der Waals surface area contributed by atoms with Crippen molar-refractivity contribution in [1.29, 1.82) is 0 Å². The van der Waals surface area contributed by atoms with Crippen LogP contribution in [0.5, 0.6) is 0 Å². The molecular weight excluding hydrogens is 285 g/mol. The molecule has 0 radical (unpaired) electrons. The number of rotatable bonds is 4. The van der Waals surface area contributed by atoms with Crippen LogP contribution < -0.4 is 5.73 Å². The highest BCUT2D eigenvalue weighted by Gasteiger charge is 2.38. The van der Waals surface area contributed by atoms with Crippen molar-refractivity contribution in [3.8, 4) is 0 Å². The maximum absolute atomic E-state index is 13.7. The van der Waals surface area contributed by atoms with Crippen molar-refractivity contribution in [3.05, 3.63) is 34.1 Å². The minimum atomic E-state index is -0.312. The predicted molar refractivity (Wildman–Crippen MR) is 69.2 cm³/mol. The Morgan fingerprint density at radius 3 is 2.76 bits per heavy atom. The summed E-state index contributed by atoms with van der Waals surface area (Å²) < 4.78 is 20.1. The van der Waals surface area contributed by atoms with Crippen molar-refractivity contribution in [2.45, 2.75) is 37.3 Å². The van der Waals surface area contributed by atoms with E-state index in [1.54, 1.807) is 19.2 Å². The van der Waals surface area contributed by atoms with Crippen LogP contribution in [-0.2, 0) is 4.74 Å². The van der Waals surface area contributed by atoms with Gasteiger partial charge >= 0.3 is 0 Å². The van der Waals surface area contributed by atoms with Crippen LogP contribution in [0.15, 0.2) is 22.7 Å². The van der Waals surface area contributed by atoms with Gasteiger partial charge in [0.2, 0.25) is 0 Å². The minimum Gasteiger partial charge on any atom is -0.378 e. The van der Waals surface area contributed by atoms with Crippen molar-refractivity contribution < 1.29 is 9.13 Å². The smallest absolute Gasteiger partial charge is 0.128 e. The lowest BCUT2D eigenvalue weighted by Crippen LogP contribution is -2.42. The Balaban J connectivity index is 2.13. The molecule has 1 unspecified atom stereocenters. The van der Waals surface area contributed by atoms with E-state index in [0.29, 0.717) is 12.0 Å². The van der Waals surface area contributed by atoms with Gasteiger partial charge in [-0.1, -0.05) is 15.9 Å². The predicted octanol–water partition coefficient (Wildman–Crippen LogP) is 3.55. The highest BCUT2D eigenvalue weighted by Crippen LogP contribution is 2.41. The summed E-state index contributed by atoms with van der Waals surface area (Å²) in [7, 11) is 1.71. The van der Waals surface area contributed by atoms with Crippen LogP contribution in [0, 0.1) is 5.82 Å². The van der Waals surface area contributed by atoms with Crippen LogP contribution in [0.2, 0.25) is 0 Å². The van der Waals surface area contributed by atoms with Crippen LogP contribution >= 0.6 is 15.9 Å². The molecule has 1 aromatic carbocycles. The summed E-state index contributed by atoms with van der Waals surface area (Å²) >= 11 is 3.34. The summed E-state index contributed by atoms with van der Waals surface area (Å²) in [5, 5.41) is 0. The molecule has 0 amide bonds. The van der Waals surface area contributed by atoms with Crippen LogP contribution in [0.25, 0.3) is 0 Å². The number of hydrogen-bond acceptors (Lipinski definition) is 2. The lowest BCUT2D eigenvalue weighted by Gasteiger charge is -2.42. The number of hydrogen-bond donors (Lipinski definition) is 1. The van der Waals surface area contributed by atoms with Gasteiger partial charge in [-0.2, -0.15) is 0 Å². The van der Waals surface area contributed by atoms with Crippen LogP contribution in [0.1, 0.15) is 37.3 Å². The van der Waals surface area contributed by atoms with Crippen LogP contribution in [0.4, 0.5) is 4.39 Å². The molecule has 1 aromatic rings. The van der Waals surface area contributed by atoms with E-state index in [9.17, 15) is 4.39 Å². The average molecular weight is 302 g/mol. The maximum Gasteiger partial charge on any atom is 0.128 e. The van der Waals surface area contributed by atoms with Gasteiger partial charge in [0, 0.05) is 23.2 Å². The molecule has 1 aliphatic rings. The van der Waals surface area contributed by atoms with Crippen molar-refractivity contribution >= 4 is 15.9 Å². The van der Waals surface area contributed by atoms with Gasteiger partial charge < -0.3 is 10.5 Å². The quantitative estimate of drug-likeness (QED) is 0.923. The molecule has 4 heteroatoms. The molecule has 0 aliphatic heterocycles. The summed E-state index contributed by atoms with van der Waals surface area (Å²) in [5.74, 6) is -0.244. The molecule has 94 valence electrons. The number of ether oxygens (including phenoxy) is 1. The second-order valence-corrected chi connectivity index (χ2v) is 5.63. The Kier molecular flexibility index (Phi) is 3.85. The topological polar surface area (TPSA) is 35.2 Å². The third-order valence-corrected chi connectivity index (χ3v) is 4.14. The van der Waals surface area contributed by atoms with Crippen molar-refractivity contribution in [3.63, 3.8) is 0 Å². The fourth-order valence-electron chi connectivity index (χ4n) is 2.37. The molecule has 2 N–H and O–H groups in total. The first-order valence-electron chi connectivity index (χ1n) is 5.82. The third kappa shape index (κ3) is 2.69. The second-order valence-electron chi connectivity index (χ2n) is 4.72. The molecule has 0 aromatic heterocycles. The van der Waals surface area contributed by atoms with E-state index in [0.717, 1.165) is 17.3 Å². The van der Waals surface area contributed by atoms with Gasteiger partial charge in [0.1, 0.15) is 5.82 Å². The average Bonchev–Trinajstić information content (AvgIpc) is 2.26. The lowest BCUT2D eigenvalue weighted by atomic mass is 9.75. The Labute approximate surface area is 109 Å². The summed E-state index contributed by atoms with van der Waals surface area (Å²) in [5.41, 5.74) is 6.52. The number of nitrogens with two attached hydrogens (primary N) is 1. The summed E-state index contributed by atoms with van der Waals surface area (Å²) in [4.78, 5) is 0. The van der Waals surface area contributed by atoms with Crippen molar-refractivity contribution in [1.82, 2.24) is 0 Å². The van der Waals surface area contributed by atoms with E-state index in [1.165, 1.54) is 12.5 Å². The van der Waals surface area contributed by atoms with E-state index in [4.69, 9.17) is 10.5 Å². The van der Waals surface area contributed by atoms with Gasteiger partial charge in [-0.25, -0.2) is 4.39 Å². The van der Waals surface area contributed by atoms with E-state index in [-0.39, 0.29) is 17.5 Å². The fourth-order valence-corrected chi connectivity index (χ4v) is 2.75.